The van der Waals surface area contributed by atoms with Crippen LogP contribution in [0, 0.1) is 13.8 Å². The first-order valence-electron chi connectivity index (χ1n) is 14.4. The van der Waals surface area contributed by atoms with Gasteiger partial charge < -0.3 is 14.6 Å². The number of nitrogens with zero attached hydrogens (tertiary/aromatic N) is 4. The Morgan fingerprint density at radius 2 is 1.79 bits per heavy atom. The third-order valence-corrected chi connectivity index (χ3v) is 10.5. The number of aromatic nitrogens is 3. The van der Waals surface area contributed by atoms with E-state index >= 15 is 0 Å². The van der Waals surface area contributed by atoms with E-state index in [0.717, 1.165) is 84.2 Å². The second-order valence-corrected chi connectivity index (χ2v) is 13.4. The molecular weight excluding hydrogens is 577 g/mol. The van der Waals surface area contributed by atoms with E-state index in [1.807, 2.05) is 65.8 Å². The van der Waals surface area contributed by atoms with Crippen LogP contribution in [0.5, 0.6) is 0 Å². The standard InChI is InChI=1S/C34H30N4O3S2/c1-19-8-7-15-37(19)29(39)18-38-27-17-28(34(40)41)43-33(27)30(22-9-5-4-6-10-22)31(38)24-12-13-25-23(16-24)11-14-26(36-25)32-20(2)35-21(3)42-32/h4-6,9-14,16-17,19H,7-8,15,18H2,1-3H3,(H,40,41). The van der Waals surface area contributed by atoms with Crippen molar-refractivity contribution in [2.24, 2.45) is 0 Å². The van der Waals surface area contributed by atoms with Crippen molar-refractivity contribution in [1.82, 2.24) is 19.4 Å². The zero-order valence-electron chi connectivity index (χ0n) is 24.1. The van der Waals surface area contributed by atoms with Crippen LogP contribution >= 0.6 is 22.7 Å². The van der Waals surface area contributed by atoms with Gasteiger partial charge in [-0.2, -0.15) is 0 Å². The Morgan fingerprint density at radius 3 is 2.49 bits per heavy atom. The number of likely N-dealkylation sites (tertiary alicyclic amines) is 1. The predicted molar refractivity (Wildman–Crippen MR) is 174 cm³/mol. The molecule has 9 heteroatoms. The number of carboxylic acid groups (broad SMARTS) is 1. The number of aryl methyl sites for hydroxylation is 2. The second-order valence-electron chi connectivity index (χ2n) is 11.1. The molecule has 2 aromatic carbocycles. The Bertz CT molecular complexity index is 2040. The van der Waals surface area contributed by atoms with Gasteiger partial charge >= 0.3 is 5.97 Å². The molecule has 0 spiro atoms. The summed E-state index contributed by atoms with van der Waals surface area (Å²) in [6, 6.07) is 22.3. The molecule has 1 saturated heterocycles. The molecule has 4 aromatic heterocycles. The Kier molecular flexibility index (Phi) is 6.86. The molecule has 1 N–H and O–H groups in total. The van der Waals surface area contributed by atoms with Crippen LogP contribution in [0.15, 0.2) is 66.7 Å². The van der Waals surface area contributed by atoms with Gasteiger partial charge in [-0.15, -0.1) is 22.7 Å². The molecule has 1 amide bonds. The molecule has 1 fully saturated rings. The number of rotatable bonds is 6. The molecule has 7 nitrogen and oxygen atoms in total. The van der Waals surface area contributed by atoms with Gasteiger partial charge in [-0.05, 0) is 69.0 Å². The summed E-state index contributed by atoms with van der Waals surface area (Å²) < 4.78 is 2.89. The lowest BCUT2D eigenvalue weighted by Crippen LogP contribution is -2.36. The first-order valence-corrected chi connectivity index (χ1v) is 16.0. The number of benzene rings is 2. The summed E-state index contributed by atoms with van der Waals surface area (Å²) >= 11 is 2.91. The van der Waals surface area contributed by atoms with Crippen molar-refractivity contribution < 1.29 is 14.7 Å². The number of amides is 1. The Hall–Kier alpha value is -4.34. The molecule has 5 heterocycles. The van der Waals surface area contributed by atoms with Crippen LogP contribution in [0.1, 0.15) is 40.1 Å². The van der Waals surface area contributed by atoms with Crippen LogP contribution in [-0.4, -0.2) is 49.0 Å². The molecule has 1 aliphatic heterocycles. The van der Waals surface area contributed by atoms with Gasteiger partial charge in [0.25, 0.3) is 0 Å². The maximum Gasteiger partial charge on any atom is 0.345 e. The topological polar surface area (TPSA) is 88.3 Å². The minimum Gasteiger partial charge on any atom is -0.477 e. The summed E-state index contributed by atoms with van der Waals surface area (Å²) in [5.74, 6) is -0.917. The summed E-state index contributed by atoms with van der Waals surface area (Å²) in [4.78, 5) is 38.6. The van der Waals surface area contributed by atoms with Crippen molar-refractivity contribution in [2.75, 3.05) is 6.54 Å². The summed E-state index contributed by atoms with van der Waals surface area (Å²) in [5, 5.41) is 11.9. The van der Waals surface area contributed by atoms with E-state index in [9.17, 15) is 14.7 Å². The molecule has 43 heavy (non-hydrogen) atoms. The van der Waals surface area contributed by atoms with Crippen molar-refractivity contribution in [2.45, 2.75) is 46.2 Å². The number of hydrogen-bond acceptors (Lipinski definition) is 6. The van der Waals surface area contributed by atoms with Crippen molar-refractivity contribution in [1.29, 1.82) is 0 Å². The van der Waals surface area contributed by atoms with Crippen LogP contribution in [-0.2, 0) is 11.3 Å². The Morgan fingerprint density at radius 1 is 0.977 bits per heavy atom. The van der Waals surface area contributed by atoms with Gasteiger partial charge in [-0.1, -0.05) is 42.5 Å². The van der Waals surface area contributed by atoms with E-state index in [-0.39, 0.29) is 23.4 Å². The maximum absolute atomic E-state index is 13.7. The number of thiazole rings is 1. The first-order chi connectivity index (χ1) is 20.8. The van der Waals surface area contributed by atoms with Gasteiger partial charge in [-0.3, -0.25) is 4.79 Å². The van der Waals surface area contributed by atoms with Gasteiger partial charge in [0.15, 0.2) is 0 Å². The fraction of sp³-hybridized carbons (Fsp3) is 0.235. The van der Waals surface area contributed by atoms with Gasteiger partial charge in [0.05, 0.1) is 42.7 Å². The summed E-state index contributed by atoms with van der Waals surface area (Å²) in [7, 11) is 0. The smallest absolute Gasteiger partial charge is 0.345 e. The highest BCUT2D eigenvalue weighted by Crippen LogP contribution is 2.45. The lowest BCUT2D eigenvalue weighted by molar-refractivity contribution is -0.132. The molecule has 7 rings (SSSR count). The quantitative estimate of drug-likeness (QED) is 0.207. The molecule has 1 unspecified atom stereocenters. The van der Waals surface area contributed by atoms with E-state index in [4.69, 9.17) is 4.98 Å². The third-order valence-electron chi connectivity index (χ3n) is 8.28. The normalized spacial score (nSPS) is 15.1. The van der Waals surface area contributed by atoms with E-state index < -0.39 is 5.97 Å². The average Bonchev–Trinajstić information content (AvgIpc) is 3.77. The van der Waals surface area contributed by atoms with E-state index in [1.54, 1.807) is 17.4 Å². The van der Waals surface area contributed by atoms with E-state index in [1.165, 1.54) is 11.3 Å². The number of pyridine rings is 1. The van der Waals surface area contributed by atoms with Gasteiger partial charge in [-0.25, -0.2) is 14.8 Å². The highest BCUT2D eigenvalue weighted by molar-refractivity contribution is 7.21. The Labute approximate surface area is 257 Å². The molecule has 1 atom stereocenters. The highest BCUT2D eigenvalue weighted by atomic mass is 32.1. The molecule has 0 saturated carbocycles. The summed E-state index contributed by atoms with van der Waals surface area (Å²) in [6.45, 7) is 7.00. The van der Waals surface area contributed by atoms with Gasteiger partial charge in [0.1, 0.15) is 11.4 Å². The number of aromatic carboxylic acids is 1. The van der Waals surface area contributed by atoms with Crippen molar-refractivity contribution in [3.05, 3.63) is 82.3 Å². The largest absolute Gasteiger partial charge is 0.477 e. The third kappa shape index (κ3) is 4.82. The highest BCUT2D eigenvalue weighted by Gasteiger charge is 2.29. The Balaban J connectivity index is 1.43. The molecule has 0 bridgehead atoms. The lowest BCUT2D eigenvalue weighted by atomic mass is 9.99. The van der Waals surface area contributed by atoms with Crippen LogP contribution in [0.25, 0.3) is 54.1 Å². The van der Waals surface area contributed by atoms with Crippen LogP contribution in [0.3, 0.4) is 0 Å². The van der Waals surface area contributed by atoms with Gasteiger partial charge in [0.2, 0.25) is 5.91 Å². The van der Waals surface area contributed by atoms with Crippen LogP contribution < -0.4 is 0 Å². The number of fused-ring (bicyclic) bond motifs is 2. The predicted octanol–water partition coefficient (Wildman–Crippen LogP) is 8.03. The second kappa shape index (κ2) is 10.7. The number of carbonyl (C=O) groups excluding carboxylic acids is 1. The van der Waals surface area contributed by atoms with Gasteiger partial charge in [0, 0.05) is 23.5 Å². The number of carboxylic acids is 1. The summed E-state index contributed by atoms with van der Waals surface area (Å²) in [5.41, 5.74) is 7.31. The van der Waals surface area contributed by atoms with E-state index in [2.05, 4.69) is 30.1 Å². The zero-order chi connectivity index (χ0) is 29.8. The summed E-state index contributed by atoms with van der Waals surface area (Å²) in [6.07, 6.45) is 1.99. The van der Waals surface area contributed by atoms with E-state index in [0.29, 0.717) is 0 Å². The molecule has 216 valence electrons. The SMILES string of the molecule is Cc1nc(C)c(-c2ccc3cc(-c4c(-c5ccccc5)c5sc(C(=O)O)cc5n4CC(=O)N4CCCC4C)ccc3n2)s1. The van der Waals surface area contributed by atoms with Crippen LogP contribution in [0.4, 0.5) is 0 Å². The molecular formula is C34H30N4O3S2. The van der Waals surface area contributed by atoms with Crippen molar-refractivity contribution in [3.63, 3.8) is 0 Å². The number of thiophene rings is 1. The first kappa shape index (κ1) is 27.5. The number of carbonyl (C=O) groups is 2. The molecule has 1 aliphatic rings. The molecule has 6 aromatic rings. The minimum absolute atomic E-state index is 0.0492. The fourth-order valence-corrected chi connectivity index (χ4v) is 8.22. The zero-order valence-corrected chi connectivity index (χ0v) is 25.8. The monoisotopic (exact) mass is 606 g/mol. The average molecular weight is 607 g/mol. The van der Waals surface area contributed by atoms with Crippen molar-refractivity contribution >= 4 is 55.7 Å². The fourth-order valence-electron chi connectivity index (χ4n) is 6.26. The molecule has 0 aliphatic carbocycles. The molecule has 0 radical (unpaired) electrons. The lowest BCUT2D eigenvalue weighted by Gasteiger charge is -2.23. The van der Waals surface area contributed by atoms with Crippen molar-refractivity contribution in [3.8, 4) is 33.0 Å². The number of hydrogen-bond donors (Lipinski definition) is 1. The van der Waals surface area contributed by atoms with Crippen LogP contribution in [0.2, 0.25) is 0 Å². The maximum atomic E-state index is 13.7. The minimum atomic E-state index is -0.966.